The second-order valence-electron chi connectivity index (χ2n) is 5.85. The molecule has 0 bridgehead atoms. The second-order valence-corrected chi connectivity index (χ2v) is 5.85. The summed E-state index contributed by atoms with van der Waals surface area (Å²) >= 11 is 0. The van der Waals surface area contributed by atoms with Crippen molar-refractivity contribution in [3.05, 3.63) is 46.9 Å². The maximum Gasteiger partial charge on any atom is 0.251 e. The third-order valence-electron chi connectivity index (χ3n) is 3.73. The van der Waals surface area contributed by atoms with E-state index in [0.29, 0.717) is 25.2 Å². The molecule has 1 heterocycles. The molecule has 6 nitrogen and oxygen atoms in total. The highest BCUT2D eigenvalue weighted by Gasteiger charge is 2.14. The predicted octanol–water partition coefficient (Wildman–Crippen LogP) is 1.45. The van der Waals surface area contributed by atoms with Crippen LogP contribution in [0.2, 0.25) is 0 Å². The Balaban J connectivity index is 1.79. The number of nitrogens with zero attached hydrogens (tertiary/aromatic N) is 3. The Bertz CT molecular complexity index is 694. The van der Waals surface area contributed by atoms with Crippen molar-refractivity contribution < 1.29 is 9.18 Å². The average molecular weight is 333 g/mol. The zero-order valence-electron chi connectivity index (χ0n) is 14.6. The van der Waals surface area contributed by atoms with E-state index in [-0.39, 0.29) is 11.7 Å². The Hall–Kier alpha value is -2.41. The summed E-state index contributed by atoms with van der Waals surface area (Å²) in [5.74, 6) is 0.510. The fourth-order valence-electron chi connectivity index (χ4n) is 2.64. The summed E-state index contributed by atoms with van der Waals surface area (Å²) in [6, 6.07) is 5.50. The number of carbonyl (C=O) groups excluding carboxylic acids is 1. The summed E-state index contributed by atoms with van der Waals surface area (Å²) < 4.78 is 14.7. The summed E-state index contributed by atoms with van der Waals surface area (Å²) in [5, 5.41) is 10.6. The Morgan fingerprint density at radius 1 is 1.25 bits per heavy atom. The predicted molar refractivity (Wildman–Crippen MR) is 92.7 cm³/mol. The van der Waals surface area contributed by atoms with Crippen LogP contribution in [0.4, 0.5) is 10.2 Å². The molecule has 0 aliphatic carbocycles. The quantitative estimate of drug-likeness (QED) is 0.753. The van der Waals surface area contributed by atoms with Crippen molar-refractivity contribution in [1.82, 2.24) is 20.4 Å². The van der Waals surface area contributed by atoms with Crippen LogP contribution in [0.1, 0.15) is 21.6 Å². The standard InChI is InChI=1S/C17H24FN5O/c1-12-15(17(22(2)3)23(4)21-12)11-19-9-10-20-16(24)13-5-7-14(18)8-6-13/h5-8,19H,9-11H2,1-4H3,(H,20,24). The lowest BCUT2D eigenvalue weighted by Gasteiger charge is -2.15. The van der Waals surface area contributed by atoms with E-state index in [1.54, 1.807) is 0 Å². The number of amides is 1. The summed E-state index contributed by atoms with van der Waals surface area (Å²) in [7, 11) is 5.90. The zero-order chi connectivity index (χ0) is 17.7. The second kappa shape index (κ2) is 7.92. The van der Waals surface area contributed by atoms with Crippen LogP contribution >= 0.6 is 0 Å². The lowest BCUT2D eigenvalue weighted by molar-refractivity contribution is 0.0954. The van der Waals surface area contributed by atoms with Gasteiger partial charge in [0, 0.05) is 51.9 Å². The molecule has 24 heavy (non-hydrogen) atoms. The molecule has 1 amide bonds. The van der Waals surface area contributed by atoms with Gasteiger partial charge in [0.1, 0.15) is 11.6 Å². The maximum atomic E-state index is 12.8. The third-order valence-corrected chi connectivity index (χ3v) is 3.73. The molecule has 0 saturated heterocycles. The molecule has 0 aliphatic rings. The molecule has 0 saturated carbocycles. The van der Waals surface area contributed by atoms with Gasteiger partial charge in [-0.3, -0.25) is 9.48 Å². The van der Waals surface area contributed by atoms with Gasteiger partial charge in [0.25, 0.3) is 5.91 Å². The van der Waals surface area contributed by atoms with Crippen molar-refractivity contribution in [1.29, 1.82) is 0 Å². The van der Waals surface area contributed by atoms with Crippen molar-refractivity contribution >= 4 is 11.7 Å². The number of aryl methyl sites for hydroxylation is 2. The first-order chi connectivity index (χ1) is 11.4. The molecule has 0 aliphatic heterocycles. The van der Waals surface area contributed by atoms with Crippen LogP contribution in [0, 0.1) is 12.7 Å². The van der Waals surface area contributed by atoms with Crippen LogP contribution in [0.15, 0.2) is 24.3 Å². The van der Waals surface area contributed by atoms with Crippen molar-refractivity contribution in [2.45, 2.75) is 13.5 Å². The van der Waals surface area contributed by atoms with E-state index in [1.165, 1.54) is 24.3 Å². The third kappa shape index (κ3) is 4.32. The Morgan fingerprint density at radius 3 is 2.54 bits per heavy atom. The number of carbonyl (C=O) groups is 1. The highest BCUT2D eigenvalue weighted by molar-refractivity contribution is 5.94. The number of anilines is 1. The van der Waals surface area contributed by atoms with E-state index in [0.717, 1.165) is 17.1 Å². The van der Waals surface area contributed by atoms with Crippen molar-refractivity contribution in [3.63, 3.8) is 0 Å². The molecule has 2 aromatic rings. The van der Waals surface area contributed by atoms with Gasteiger partial charge in [-0.05, 0) is 31.2 Å². The van der Waals surface area contributed by atoms with E-state index in [4.69, 9.17) is 0 Å². The molecule has 0 fully saturated rings. The Labute approximate surface area is 141 Å². The van der Waals surface area contributed by atoms with Crippen LogP contribution in [-0.2, 0) is 13.6 Å². The number of halogens is 1. The number of nitrogens with one attached hydrogen (secondary N) is 2. The van der Waals surface area contributed by atoms with Gasteiger partial charge < -0.3 is 15.5 Å². The highest BCUT2D eigenvalue weighted by atomic mass is 19.1. The van der Waals surface area contributed by atoms with E-state index in [9.17, 15) is 9.18 Å². The SMILES string of the molecule is Cc1nn(C)c(N(C)C)c1CNCCNC(=O)c1ccc(F)cc1. The molecule has 0 atom stereocenters. The highest BCUT2D eigenvalue weighted by Crippen LogP contribution is 2.20. The molecule has 1 aromatic heterocycles. The molecular weight excluding hydrogens is 309 g/mol. The zero-order valence-corrected chi connectivity index (χ0v) is 14.6. The minimum Gasteiger partial charge on any atom is -0.363 e. The largest absolute Gasteiger partial charge is 0.363 e. The van der Waals surface area contributed by atoms with Crippen molar-refractivity contribution in [2.75, 3.05) is 32.1 Å². The van der Waals surface area contributed by atoms with Crippen molar-refractivity contribution in [2.24, 2.45) is 7.05 Å². The summed E-state index contributed by atoms with van der Waals surface area (Å²) in [6.45, 7) is 3.79. The minimum absolute atomic E-state index is 0.205. The number of benzene rings is 1. The van der Waals surface area contributed by atoms with Gasteiger partial charge in [0.2, 0.25) is 0 Å². The molecule has 0 unspecified atom stereocenters. The Kier molecular flexibility index (Phi) is 5.92. The van der Waals surface area contributed by atoms with E-state index < -0.39 is 0 Å². The first-order valence-electron chi connectivity index (χ1n) is 7.84. The van der Waals surface area contributed by atoms with Gasteiger partial charge >= 0.3 is 0 Å². The number of rotatable bonds is 7. The number of hydrogen-bond donors (Lipinski definition) is 2. The number of hydrogen-bond acceptors (Lipinski definition) is 4. The topological polar surface area (TPSA) is 62.2 Å². The monoisotopic (exact) mass is 333 g/mol. The summed E-state index contributed by atoms with van der Waals surface area (Å²) in [6.07, 6.45) is 0. The maximum absolute atomic E-state index is 12.8. The van der Waals surface area contributed by atoms with E-state index in [1.807, 2.05) is 37.6 Å². The lowest BCUT2D eigenvalue weighted by atomic mass is 10.2. The first-order valence-corrected chi connectivity index (χ1v) is 7.84. The molecule has 0 spiro atoms. The molecule has 0 radical (unpaired) electrons. The van der Waals surface area contributed by atoms with Crippen LogP contribution in [0.3, 0.4) is 0 Å². The minimum atomic E-state index is -0.350. The van der Waals surface area contributed by atoms with Crippen molar-refractivity contribution in [3.8, 4) is 0 Å². The van der Waals surface area contributed by atoms with Gasteiger partial charge in [-0.1, -0.05) is 0 Å². The van der Waals surface area contributed by atoms with Gasteiger partial charge in [-0.15, -0.1) is 0 Å². The molecule has 7 heteroatoms. The summed E-state index contributed by atoms with van der Waals surface area (Å²) in [4.78, 5) is 13.9. The molecule has 2 N–H and O–H groups in total. The molecular formula is C17H24FN5O. The van der Waals surface area contributed by atoms with E-state index in [2.05, 4.69) is 15.7 Å². The molecule has 1 aromatic carbocycles. The molecule has 130 valence electrons. The lowest BCUT2D eigenvalue weighted by Crippen LogP contribution is -2.32. The van der Waals surface area contributed by atoms with Gasteiger partial charge in [-0.25, -0.2) is 4.39 Å². The van der Waals surface area contributed by atoms with Gasteiger partial charge in [0.15, 0.2) is 0 Å². The fraction of sp³-hybridized carbons (Fsp3) is 0.412. The van der Waals surface area contributed by atoms with Gasteiger partial charge in [-0.2, -0.15) is 5.10 Å². The van der Waals surface area contributed by atoms with Crippen LogP contribution < -0.4 is 15.5 Å². The summed E-state index contributed by atoms with van der Waals surface area (Å²) in [5.41, 5.74) is 2.59. The van der Waals surface area contributed by atoms with Crippen LogP contribution in [0.5, 0.6) is 0 Å². The normalized spacial score (nSPS) is 10.7. The van der Waals surface area contributed by atoms with Crippen LogP contribution in [0.25, 0.3) is 0 Å². The Morgan fingerprint density at radius 2 is 1.92 bits per heavy atom. The van der Waals surface area contributed by atoms with E-state index >= 15 is 0 Å². The number of aromatic nitrogens is 2. The first kappa shape index (κ1) is 17.9. The van der Waals surface area contributed by atoms with Gasteiger partial charge in [0.05, 0.1) is 5.69 Å². The van der Waals surface area contributed by atoms with Crippen LogP contribution in [-0.4, -0.2) is 42.9 Å². The fourth-order valence-corrected chi connectivity index (χ4v) is 2.64. The smallest absolute Gasteiger partial charge is 0.251 e. The molecule has 2 rings (SSSR count). The average Bonchev–Trinajstić information content (AvgIpc) is 2.81.